The van der Waals surface area contributed by atoms with E-state index < -0.39 is 0 Å². The second-order valence-electron chi connectivity index (χ2n) is 10.5. The molecule has 3 N–H and O–H groups in total. The Hall–Kier alpha value is -1.96. The summed E-state index contributed by atoms with van der Waals surface area (Å²) in [5, 5.41) is 3.22. The Morgan fingerprint density at radius 3 is 2.59 bits per heavy atom. The van der Waals surface area contributed by atoms with Gasteiger partial charge in [0.1, 0.15) is 6.04 Å². The van der Waals surface area contributed by atoms with Crippen LogP contribution in [0.2, 0.25) is 0 Å². The molecule has 1 heterocycles. The lowest BCUT2D eigenvalue weighted by atomic mass is 9.81. The average molecular weight is 471 g/mol. The van der Waals surface area contributed by atoms with Gasteiger partial charge in [0, 0.05) is 45.2 Å². The fourth-order valence-corrected chi connectivity index (χ4v) is 5.72. The van der Waals surface area contributed by atoms with Crippen molar-refractivity contribution < 1.29 is 14.3 Å². The maximum Gasteiger partial charge on any atom is 0.242 e. The summed E-state index contributed by atoms with van der Waals surface area (Å²) in [6.45, 7) is 4.23. The Kier molecular flexibility index (Phi) is 8.98. The van der Waals surface area contributed by atoms with E-state index in [0.717, 1.165) is 45.3 Å². The second kappa shape index (κ2) is 12.1. The highest BCUT2D eigenvalue weighted by molar-refractivity contribution is 5.90. The number of nitrogens with two attached hydrogens (primary N) is 1. The minimum absolute atomic E-state index is 0.0118. The molecule has 188 valence electrons. The van der Waals surface area contributed by atoms with E-state index >= 15 is 0 Å². The molecule has 2 amide bonds. The molecule has 2 aliphatic carbocycles. The first-order chi connectivity index (χ1) is 16.6. The van der Waals surface area contributed by atoms with Gasteiger partial charge < -0.3 is 20.7 Å². The van der Waals surface area contributed by atoms with Gasteiger partial charge in [-0.15, -0.1) is 0 Å². The number of amides is 2. The molecule has 7 nitrogen and oxygen atoms in total. The number of nitrogens with zero attached hydrogens (tertiary/aromatic N) is 2. The molecule has 1 aromatic rings. The zero-order chi connectivity index (χ0) is 23.9. The van der Waals surface area contributed by atoms with Gasteiger partial charge in [0.05, 0.1) is 6.61 Å². The summed E-state index contributed by atoms with van der Waals surface area (Å²) in [5.74, 6) is 1.35. The lowest BCUT2D eigenvalue weighted by Crippen LogP contribution is -2.47. The largest absolute Gasteiger partial charge is 0.383 e. The summed E-state index contributed by atoms with van der Waals surface area (Å²) in [7, 11) is 1.72. The Labute approximate surface area is 204 Å². The number of carbonyl (C=O) groups is 2. The number of carbonyl (C=O) groups excluding carboxylic acids is 2. The van der Waals surface area contributed by atoms with E-state index in [9.17, 15) is 9.59 Å². The lowest BCUT2D eigenvalue weighted by molar-refractivity contribution is -0.139. The molecule has 4 unspecified atom stereocenters. The Bertz CT molecular complexity index is 800. The van der Waals surface area contributed by atoms with Crippen LogP contribution in [0, 0.1) is 17.8 Å². The number of methoxy groups -OCH3 is 1. The monoisotopic (exact) mass is 470 g/mol. The first-order valence-corrected chi connectivity index (χ1v) is 13.1. The van der Waals surface area contributed by atoms with Gasteiger partial charge in [0.25, 0.3) is 0 Å². The van der Waals surface area contributed by atoms with Gasteiger partial charge in [-0.05, 0) is 62.5 Å². The number of hydrogen-bond acceptors (Lipinski definition) is 5. The summed E-state index contributed by atoms with van der Waals surface area (Å²) >= 11 is 0. The zero-order valence-electron chi connectivity index (χ0n) is 20.7. The van der Waals surface area contributed by atoms with E-state index in [1.165, 1.54) is 18.4 Å². The maximum atomic E-state index is 13.4. The molecule has 1 aliphatic heterocycles. The minimum Gasteiger partial charge on any atom is -0.383 e. The third kappa shape index (κ3) is 6.58. The van der Waals surface area contributed by atoms with Gasteiger partial charge in [-0.2, -0.15) is 0 Å². The highest BCUT2D eigenvalue weighted by Crippen LogP contribution is 2.35. The standard InChI is InChI=1S/C27H42N4O3/c1-34-13-12-30(18-20-6-3-2-4-7-20)24-15-25(31(19-24)27(33)23-10-11-23)26(32)29-17-22-9-5-8-21(14-22)16-28/h2-4,6-7,21-25H,5,8-19,28H2,1H3,(H,29,32). The van der Waals surface area contributed by atoms with Crippen LogP contribution in [0.25, 0.3) is 0 Å². The van der Waals surface area contributed by atoms with E-state index in [0.29, 0.717) is 38.0 Å². The third-order valence-corrected chi connectivity index (χ3v) is 7.91. The number of rotatable bonds is 11. The van der Waals surface area contributed by atoms with Crippen LogP contribution in [0.3, 0.4) is 0 Å². The number of hydrogen-bond donors (Lipinski definition) is 2. The molecular weight excluding hydrogens is 428 g/mol. The van der Waals surface area contributed by atoms with Crippen molar-refractivity contribution >= 4 is 11.8 Å². The van der Waals surface area contributed by atoms with Crippen LogP contribution in [0.1, 0.15) is 50.5 Å². The van der Waals surface area contributed by atoms with Gasteiger partial charge in [0.2, 0.25) is 11.8 Å². The van der Waals surface area contributed by atoms with Crippen molar-refractivity contribution in [3.8, 4) is 0 Å². The van der Waals surface area contributed by atoms with Crippen molar-refractivity contribution in [1.29, 1.82) is 0 Å². The first-order valence-electron chi connectivity index (χ1n) is 13.1. The van der Waals surface area contributed by atoms with Crippen LogP contribution in [0.5, 0.6) is 0 Å². The Balaban J connectivity index is 1.42. The molecule has 34 heavy (non-hydrogen) atoms. The van der Waals surface area contributed by atoms with Crippen LogP contribution in [0.15, 0.2) is 30.3 Å². The summed E-state index contributed by atoms with van der Waals surface area (Å²) in [6.07, 6.45) is 7.22. The van der Waals surface area contributed by atoms with Gasteiger partial charge >= 0.3 is 0 Å². The molecule has 4 atom stereocenters. The Morgan fingerprint density at radius 2 is 1.88 bits per heavy atom. The van der Waals surface area contributed by atoms with Gasteiger partial charge in [-0.25, -0.2) is 0 Å². The van der Waals surface area contributed by atoms with E-state index in [1.807, 2.05) is 11.0 Å². The van der Waals surface area contributed by atoms with Crippen LogP contribution < -0.4 is 11.1 Å². The molecule has 3 aliphatic rings. The van der Waals surface area contributed by atoms with E-state index in [-0.39, 0.29) is 29.8 Å². The van der Waals surface area contributed by atoms with E-state index in [2.05, 4.69) is 34.5 Å². The minimum atomic E-state index is -0.382. The average Bonchev–Trinajstić information content (AvgIpc) is 3.63. The zero-order valence-corrected chi connectivity index (χ0v) is 20.7. The molecule has 1 saturated heterocycles. The van der Waals surface area contributed by atoms with Crippen molar-refractivity contribution in [3.63, 3.8) is 0 Å². The van der Waals surface area contributed by atoms with Crippen molar-refractivity contribution in [2.75, 3.05) is 39.9 Å². The molecule has 4 rings (SSSR count). The smallest absolute Gasteiger partial charge is 0.242 e. The molecule has 7 heteroatoms. The molecule has 1 aromatic carbocycles. The van der Waals surface area contributed by atoms with Gasteiger partial charge in [-0.3, -0.25) is 14.5 Å². The van der Waals surface area contributed by atoms with Crippen LogP contribution in [-0.4, -0.2) is 73.6 Å². The SMILES string of the molecule is COCCN(Cc1ccccc1)C1CC(C(=O)NCC2CCCC(CN)C2)N(C(=O)C2CC2)C1. The van der Waals surface area contributed by atoms with Crippen molar-refractivity contribution in [1.82, 2.24) is 15.1 Å². The third-order valence-electron chi connectivity index (χ3n) is 7.91. The fourth-order valence-electron chi connectivity index (χ4n) is 5.72. The maximum absolute atomic E-state index is 13.4. The number of ether oxygens (including phenoxy) is 1. The molecule has 0 spiro atoms. The number of nitrogens with one attached hydrogen (secondary N) is 1. The van der Waals surface area contributed by atoms with Crippen LogP contribution >= 0.6 is 0 Å². The topological polar surface area (TPSA) is 87.9 Å². The second-order valence-corrected chi connectivity index (χ2v) is 10.5. The summed E-state index contributed by atoms with van der Waals surface area (Å²) in [5.41, 5.74) is 7.13. The molecule has 0 radical (unpaired) electrons. The molecule has 0 bridgehead atoms. The van der Waals surface area contributed by atoms with Crippen LogP contribution in [-0.2, 0) is 20.9 Å². The van der Waals surface area contributed by atoms with Gasteiger partial charge in [-0.1, -0.05) is 36.8 Å². The highest BCUT2D eigenvalue weighted by Gasteiger charge is 2.45. The fraction of sp³-hybridized carbons (Fsp3) is 0.704. The number of benzene rings is 1. The van der Waals surface area contributed by atoms with Crippen molar-refractivity contribution in [3.05, 3.63) is 35.9 Å². The number of likely N-dealkylation sites (tertiary alicyclic amines) is 1. The summed E-state index contributed by atoms with van der Waals surface area (Å²) < 4.78 is 5.38. The molecule has 3 fully saturated rings. The van der Waals surface area contributed by atoms with Crippen LogP contribution in [0.4, 0.5) is 0 Å². The van der Waals surface area contributed by atoms with Crippen molar-refractivity contribution in [2.45, 2.75) is 63.6 Å². The molecular formula is C27H42N4O3. The Morgan fingerprint density at radius 1 is 1.12 bits per heavy atom. The van der Waals surface area contributed by atoms with Gasteiger partial charge in [0.15, 0.2) is 0 Å². The van der Waals surface area contributed by atoms with E-state index in [4.69, 9.17) is 10.5 Å². The predicted molar refractivity (Wildman–Crippen MR) is 133 cm³/mol. The molecule has 2 saturated carbocycles. The van der Waals surface area contributed by atoms with Crippen molar-refractivity contribution in [2.24, 2.45) is 23.5 Å². The van der Waals surface area contributed by atoms with E-state index in [1.54, 1.807) is 7.11 Å². The normalized spacial score (nSPS) is 27.2. The molecule has 0 aromatic heterocycles. The predicted octanol–water partition coefficient (Wildman–Crippen LogP) is 2.40. The highest BCUT2D eigenvalue weighted by atomic mass is 16.5. The summed E-state index contributed by atoms with van der Waals surface area (Å²) in [6, 6.07) is 10.2. The summed E-state index contributed by atoms with van der Waals surface area (Å²) in [4.78, 5) is 30.8. The quantitative estimate of drug-likeness (QED) is 0.519. The first kappa shape index (κ1) is 25.1. The lowest BCUT2D eigenvalue weighted by Gasteiger charge is -2.29.